The normalized spacial score (nSPS) is 15.0. The Labute approximate surface area is 112 Å². The van der Waals surface area contributed by atoms with Crippen LogP contribution in [0.4, 0.5) is 0 Å². The predicted molar refractivity (Wildman–Crippen MR) is 77.1 cm³/mol. The highest BCUT2D eigenvalue weighted by Gasteiger charge is 2.15. The van der Waals surface area contributed by atoms with Crippen molar-refractivity contribution in [1.82, 2.24) is 5.32 Å². The van der Waals surface area contributed by atoms with Gasteiger partial charge in [0.1, 0.15) is 0 Å². The van der Waals surface area contributed by atoms with Gasteiger partial charge in [-0.2, -0.15) is 0 Å². The lowest BCUT2D eigenvalue weighted by molar-refractivity contribution is 0.399. The molecule has 0 aliphatic heterocycles. The molecule has 1 aromatic rings. The molecule has 0 fully saturated rings. The van der Waals surface area contributed by atoms with Crippen molar-refractivity contribution in [2.24, 2.45) is 5.92 Å². The zero-order valence-electron chi connectivity index (χ0n) is 10.4. The highest BCUT2D eigenvalue weighted by molar-refractivity contribution is 9.10. The third-order valence-corrected chi connectivity index (χ3v) is 4.61. The third-order valence-electron chi connectivity index (χ3n) is 2.80. The fourth-order valence-electron chi connectivity index (χ4n) is 2.07. The van der Waals surface area contributed by atoms with Crippen LogP contribution in [0.1, 0.15) is 51.0 Å². The van der Waals surface area contributed by atoms with E-state index in [1.54, 1.807) is 0 Å². The standard InChI is InChI=1S/C13H22BrNS/c1-4-6-10(3)7-12(15-5-2)13-8-11(14)9-16-13/h8-10,12,15H,4-7H2,1-3H3. The van der Waals surface area contributed by atoms with Crippen LogP contribution in [0.25, 0.3) is 0 Å². The van der Waals surface area contributed by atoms with E-state index in [-0.39, 0.29) is 0 Å². The van der Waals surface area contributed by atoms with E-state index >= 15 is 0 Å². The quantitative estimate of drug-likeness (QED) is 0.748. The highest BCUT2D eigenvalue weighted by Crippen LogP contribution is 2.30. The summed E-state index contributed by atoms with van der Waals surface area (Å²) in [4.78, 5) is 1.46. The minimum absolute atomic E-state index is 0.530. The van der Waals surface area contributed by atoms with Crippen molar-refractivity contribution in [2.45, 2.75) is 46.1 Å². The number of hydrogen-bond acceptors (Lipinski definition) is 2. The van der Waals surface area contributed by atoms with E-state index in [1.807, 2.05) is 11.3 Å². The predicted octanol–water partition coefficient (Wildman–Crippen LogP) is 4.99. The van der Waals surface area contributed by atoms with Gasteiger partial charge >= 0.3 is 0 Å². The first kappa shape index (κ1) is 14.2. The van der Waals surface area contributed by atoms with Gasteiger partial charge in [0.15, 0.2) is 0 Å². The molecule has 0 radical (unpaired) electrons. The van der Waals surface area contributed by atoms with Gasteiger partial charge in [0, 0.05) is 20.8 Å². The Kier molecular flexibility index (Phi) is 6.62. The Morgan fingerprint density at radius 1 is 1.44 bits per heavy atom. The van der Waals surface area contributed by atoms with E-state index in [1.165, 1.54) is 28.6 Å². The minimum atomic E-state index is 0.530. The molecule has 1 aromatic heterocycles. The first-order valence-corrected chi connectivity index (χ1v) is 7.81. The Morgan fingerprint density at radius 2 is 2.19 bits per heavy atom. The van der Waals surface area contributed by atoms with Gasteiger partial charge in [-0.15, -0.1) is 11.3 Å². The summed E-state index contributed by atoms with van der Waals surface area (Å²) in [5, 5.41) is 5.76. The molecule has 1 N–H and O–H groups in total. The molecular formula is C13H22BrNS. The Morgan fingerprint density at radius 3 is 2.69 bits per heavy atom. The molecule has 0 aliphatic rings. The summed E-state index contributed by atoms with van der Waals surface area (Å²) in [5.41, 5.74) is 0. The van der Waals surface area contributed by atoms with E-state index in [0.29, 0.717) is 6.04 Å². The van der Waals surface area contributed by atoms with Crippen molar-refractivity contribution in [2.75, 3.05) is 6.54 Å². The SMILES string of the molecule is CCCC(C)CC(NCC)c1cc(Br)cs1. The fourth-order valence-corrected chi connectivity index (χ4v) is 3.60. The lowest BCUT2D eigenvalue weighted by atomic mass is 9.96. The lowest BCUT2D eigenvalue weighted by Gasteiger charge is -2.20. The molecule has 2 atom stereocenters. The Hall–Kier alpha value is 0.140. The van der Waals surface area contributed by atoms with Gasteiger partial charge in [0.05, 0.1) is 0 Å². The van der Waals surface area contributed by atoms with E-state index in [4.69, 9.17) is 0 Å². The van der Waals surface area contributed by atoms with Crippen LogP contribution in [-0.4, -0.2) is 6.54 Å². The van der Waals surface area contributed by atoms with Crippen LogP contribution in [0.5, 0.6) is 0 Å². The van der Waals surface area contributed by atoms with Crippen LogP contribution < -0.4 is 5.32 Å². The van der Waals surface area contributed by atoms with Crippen molar-refractivity contribution >= 4 is 27.3 Å². The van der Waals surface area contributed by atoms with Gasteiger partial charge in [-0.1, -0.05) is 33.6 Å². The van der Waals surface area contributed by atoms with Crippen LogP contribution in [0, 0.1) is 5.92 Å². The molecule has 0 aliphatic carbocycles. The third kappa shape index (κ3) is 4.56. The average molecular weight is 304 g/mol. The second-order valence-electron chi connectivity index (χ2n) is 4.41. The molecule has 16 heavy (non-hydrogen) atoms. The van der Waals surface area contributed by atoms with E-state index in [2.05, 4.69) is 53.5 Å². The van der Waals surface area contributed by atoms with Crippen molar-refractivity contribution in [1.29, 1.82) is 0 Å². The van der Waals surface area contributed by atoms with Gasteiger partial charge in [0.2, 0.25) is 0 Å². The summed E-state index contributed by atoms with van der Waals surface area (Å²) in [5.74, 6) is 0.801. The molecule has 1 heterocycles. The van der Waals surface area contributed by atoms with E-state index in [9.17, 15) is 0 Å². The molecule has 92 valence electrons. The van der Waals surface area contributed by atoms with Gasteiger partial charge in [-0.25, -0.2) is 0 Å². The molecule has 0 bridgehead atoms. The molecule has 3 heteroatoms. The van der Waals surface area contributed by atoms with Crippen LogP contribution >= 0.6 is 27.3 Å². The summed E-state index contributed by atoms with van der Waals surface area (Å²) in [6.07, 6.45) is 3.86. The molecule has 2 unspecified atom stereocenters. The van der Waals surface area contributed by atoms with Crippen molar-refractivity contribution < 1.29 is 0 Å². The molecule has 0 spiro atoms. The second kappa shape index (κ2) is 7.46. The maximum atomic E-state index is 3.59. The number of hydrogen-bond donors (Lipinski definition) is 1. The van der Waals surface area contributed by atoms with Crippen LogP contribution in [0.15, 0.2) is 15.9 Å². The first-order chi connectivity index (χ1) is 7.67. The number of rotatable bonds is 7. The Balaban J connectivity index is 2.60. The molecule has 0 saturated carbocycles. The fraction of sp³-hybridized carbons (Fsp3) is 0.692. The summed E-state index contributed by atoms with van der Waals surface area (Å²) < 4.78 is 1.21. The van der Waals surface area contributed by atoms with Crippen LogP contribution in [-0.2, 0) is 0 Å². The molecule has 1 rings (SSSR count). The van der Waals surface area contributed by atoms with Gasteiger partial charge < -0.3 is 5.32 Å². The summed E-state index contributed by atoms with van der Waals surface area (Å²) >= 11 is 5.38. The number of thiophene rings is 1. The van der Waals surface area contributed by atoms with Crippen molar-refractivity contribution in [3.05, 3.63) is 20.8 Å². The molecule has 0 aromatic carbocycles. The zero-order chi connectivity index (χ0) is 12.0. The number of nitrogens with one attached hydrogen (secondary N) is 1. The second-order valence-corrected chi connectivity index (χ2v) is 6.27. The average Bonchev–Trinajstić information content (AvgIpc) is 2.64. The largest absolute Gasteiger partial charge is 0.310 e. The summed E-state index contributed by atoms with van der Waals surface area (Å²) in [7, 11) is 0. The first-order valence-electron chi connectivity index (χ1n) is 6.14. The number of halogens is 1. The van der Waals surface area contributed by atoms with Crippen molar-refractivity contribution in [3.8, 4) is 0 Å². The highest BCUT2D eigenvalue weighted by atomic mass is 79.9. The van der Waals surface area contributed by atoms with Crippen LogP contribution in [0.3, 0.4) is 0 Å². The van der Waals surface area contributed by atoms with E-state index < -0.39 is 0 Å². The molecule has 0 amide bonds. The van der Waals surface area contributed by atoms with Gasteiger partial charge in [0.25, 0.3) is 0 Å². The maximum Gasteiger partial charge on any atom is 0.0417 e. The Bertz CT molecular complexity index is 298. The smallest absolute Gasteiger partial charge is 0.0417 e. The molecule has 0 saturated heterocycles. The topological polar surface area (TPSA) is 12.0 Å². The molecular weight excluding hydrogens is 282 g/mol. The monoisotopic (exact) mass is 303 g/mol. The summed E-state index contributed by atoms with van der Waals surface area (Å²) in [6.45, 7) is 7.84. The maximum absolute atomic E-state index is 3.59. The van der Waals surface area contributed by atoms with Gasteiger partial charge in [-0.05, 0) is 40.9 Å². The molecule has 1 nitrogen and oxygen atoms in total. The minimum Gasteiger partial charge on any atom is -0.310 e. The zero-order valence-corrected chi connectivity index (χ0v) is 12.8. The van der Waals surface area contributed by atoms with Crippen molar-refractivity contribution in [3.63, 3.8) is 0 Å². The lowest BCUT2D eigenvalue weighted by Crippen LogP contribution is -2.22. The van der Waals surface area contributed by atoms with Crippen LogP contribution in [0.2, 0.25) is 0 Å². The summed E-state index contributed by atoms with van der Waals surface area (Å²) in [6, 6.07) is 2.78. The van der Waals surface area contributed by atoms with Gasteiger partial charge in [-0.3, -0.25) is 0 Å². The van der Waals surface area contributed by atoms with E-state index in [0.717, 1.165) is 12.5 Å².